The Morgan fingerprint density at radius 3 is 2.78 bits per heavy atom. The van der Waals surface area contributed by atoms with Crippen molar-refractivity contribution in [2.75, 3.05) is 20.2 Å². The lowest BCUT2D eigenvalue weighted by Gasteiger charge is -2.31. The molecule has 0 spiro atoms. The highest BCUT2D eigenvalue weighted by molar-refractivity contribution is 6.30. The monoisotopic (exact) mass is 386 g/mol. The van der Waals surface area contributed by atoms with Gasteiger partial charge in [-0.15, -0.1) is 0 Å². The van der Waals surface area contributed by atoms with Crippen molar-refractivity contribution in [3.63, 3.8) is 0 Å². The topological polar surface area (TPSA) is 64.8 Å². The van der Waals surface area contributed by atoms with Crippen LogP contribution in [0.3, 0.4) is 0 Å². The van der Waals surface area contributed by atoms with Gasteiger partial charge in [0.05, 0.1) is 12.1 Å². The number of aromatic nitrogens is 1. The second-order valence-corrected chi connectivity index (χ2v) is 6.85. The number of ether oxygens (including phenoxy) is 2. The Balaban J connectivity index is 1.40. The number of likely N-dealkylation sites (tertiary alicyclic amines) is 1. The number of methoxy groups -OCH3 is 1. The quantitative estimate of drug-likeness (QED) is 0.673. The number of hydrogen-bond acceptors (Lipinski definition) is 5. The summed E-state index contributed by atoms with van der Waals surface area (Å²) < 4.78 is 16.9. The molecule has 0 atom stereocenters. The van der Waals surface area contributed by atoms with Crippen molar-refractivity contribution in [2.24, 2.45) is 0 Å². The first-order valence-corrected chi connectivity index (χ1v) is 9.16. The second kappa shape index (κ2) is 7.48. The van der Waals surface area contributed by atoms with Crippen LogP contribution in [0.2, 0.25) is 5.02 Å². The van der Waals surface area contributed by atoms with Crippen molar-refractivity contribution in [1.82, 2.24) is 9.88 Å². The van der Waals surface area contributed by atoms with E-state index in [1.54, 1.807) is 36.4 Å². The maximum atomic E-state index is 12.8. The van der Waals surface area contributed by atoms with E-state index in [1.165, 1.54) is 0 Å². The summed E-state index contributed by atoms with van der Waals surface area (Å²) in [6.45, 7) is 1.20. The van der Waals surface area contributed by atoms with E-state index in [9.17, 15) is 4.79 Å². The predicted molar refractivity (Wildman–Crippen MR) is 102 cm³/mol. The van der Waals surface area contributed by atoms with Gasteiger partial charge in [0.15, 0.2) is 17.1 Å². The van der Waals surface area contributed by atoms with Gasteiger partial charge in [-0.1, -0.05) is 23.7 Å². The lowest BCUT2D eigenvalue weighted by atomic mass is 10.1. The molecule has 3 heterocycles. The summed E-state index contributed by atoms with van der Waals surface area (Å²) >= 11 is 5.84. The highest BCUT2D eigenvalue weighted by atomic mass is 35.5. The molecule has 4 rings (SSSR count). The molecule has 7 heteroatoms. The van der Waals surface area contributed by atoms with Gasteiger partial charge in [0, 0.05) is 43.6 Å². The molecular formula is C20H19ClN2O4. The normalized spacial score (nSPS) is 15.1. The van der Waals surface area contributed by atoms with Crippen LogP contribution in [0.1, 0.15) is 23.4 Å². The zero-order valence-corrected chi connectivity index (χ0v) is 15.6. The zero-order chi connectivity index (χ0) is 18.8. The van der Waals surface area contributed by atoms with E-state index in [1.807, 2.05) is 18.2 Å². The SMILES string of the molecule is COc1cccc2cc(C(=O)N3CCC(Oc4ccc(Cl)cn4)CC3)oc12. The number of carbonyl (C=O) groups is 1. The van der Waals surface area contributed by atoms with E-state index in [-0.39, 0.29) is 12.0 Å². The number of amides is 1. The minimum Gasteiger partial charge on any atom is -0.493 e. The molecule has 27 heavy (non-hydrogen) atoms. The van der Waals surface area contributed by atoms with E-state index in [0.717, 1.165) is 18.2 Å². The molecule has 1 saturated heterocycles. The standard InChI is InChI=1S/C20H19ClN2O4/c1-25-16-4-2-3-13-11-17(27-19(13)16)20(24)23-9-7-15(8-10-23)26-18-6-5-14(21)12-22-18/h2-6,11-12,15H,7-10H2,1H3. The van der Waals surface area contributed by atoms with Crippen LogP contribution in [0.15, 0.2) is 47.0 Å². The van der Waals surface area contributed by atoms with Gasteiger partial charge in [-0.2, -0.15) is 0 Å². The van der Waals surface area contributed by atoms with E-state index in [0.29, 0.717) is 41.1 Å². The number of furan rings is 1. The second-order valence-electron chi connectivity index (χ2n) is 6.41. The summed E-state index contributed by atoms with van der Waals surface area (Å²) in [7, 11) is 1.58. The minimum atomic E-state index is -0.115. The number of piperidine rings is 1. The summed E-state index contributed by atoms with van der Waals surface area (Å²) in [5, 5.41) is 1.43. The van der Waals surface area contributed by atoms with Crippen molar-refractivity contribution < 1.29 is 18.7 Å². The largest absolute Gasteiger partial charge is 0.493 e. The van der Waals surface area contributed by atoms with Crippen LogP contribution in [0.25, 0.3) is 11.0 Å². The van der Waals surface area contributed by atoms with Crippen molar-refractivity contribution in [2.45, 2.75) is 18.9 Å². The summed E-state index contributed by atoms with van der Waals surface area (Å²) in [4.78, 5) is 18.7. The molecule has 1 aliphatic heterocycles. The molecule has 0 radical (unpaired) electrons. The number of fused-ring (bicyclic) bond motifs is 1. The molecule has 0 aliphatic carbocycles. The molecule has 0 unspecified atom stereocenters. The van der Waals surface area contributed by atoms with E-state index in [4.69, 9.17) is 25.5 Å². The van der Waals surface area contributed by atoms with Crippen molar-refractivity contribution in [1.29, 1.82) is 0 Å². The van der Waals surface area contributed by atoms with Gasteiger partial charge in [-0.25, -0.2) is 4.98 Å². The van der Waals surface area contributed by atoms with Gasteiger partial charge in [0.1, 0.15) is 6.10 Å². The van der Waals surface area contributed by atoms with Crippen LogP contribution in [-0.4, -0.2) is 42.1 Å². The molecule has 0 bridgehead atoms. The highest BCUT2D eigenvalue weighted by Crippen LogP contribution is 2.29. The predicted octanol–water partition coefficient (Wildman–Crippen LogP) is 4.17. The molecule has 1 aliphatic rings. The number of halogens is 1. The number of benzene rings is 1. The molecule has 2 aromatic heterocycles. The molecule has 0 N–H and O–H groups in total. The van der Waals surface area contributed by atoms with Gasteiger partial charge in [-0.05, 0) is 18.2 Å². The van der Waals surface area contributed by atoms with Gasteiger partial charge in [0.25, 0.3) is 5.91 Å². The third kappa shape index (κ3) is 3.71. The Bertz CT molecular complexity index is 946. The number of rotatable bonds is 4. The first kappa shape index (κ1) is 17.7. The number of nitrogens with zero attached hydrogens (tertiary/aromatic N) is 2. The third-order valence-corrected chi connectivity index (χ3v) is 4.88. The van der Waals surface area contributed by atoms with E-state index < -0.39 is 0 Å². The molecule has 0 saturated carbocycles. The van der Waals surface area contributed by atoms with Crippen LogP contribution in [0.5, 0.6) is 11.6 Å². The maximum absolute atomic E-state index is 12.8. The van der Waals surface area contributed by atoms with Crippen LogP contribution in [0, 0.1) is 0 Å². The Morgan fingerprint density at radius 1 is 1.26 bits per heavy atom. The average molecular weight is 387 g/mol. The van der Waals surface area contributed by atoms with Gasteiger partial charge in [-0.3, -0.25) is 4.79 Å². The van der Waals surface area contributed by atoms with Gasteiger partial charge in [0.2, 0.25) is 5.88 Å². The van der Waals surface area contributed by atoms with Gasteiger partial charge >= 0.3 is 0 Å². The van der Waals surface area contributed by atoms with E-state index >= 15 is 0 Å². The summed E-state index contributed by atoms with van der Waals surface area (Å²) in [6.07, 6.45) is 3.06. The Hall–Kier alpha value is -2.73. The number of hydrogen-bond donors (Lipinski definition) is 0. The zero-order valence-electron chi connectivity index (χ0n) is 14.9. The lowest BCUT2D eigenvalue weighted by molar-refractivity contribution is 0.0561. The smallest absolute Gasteiger partial charge is 0.289 e. The molecule has 6 nitrogen and oxygen atoms in total. The molecule has 1 amide bonds. The highest BCUT2D eigenvalue weighted by Gasteiger charge is 2.27. The fourth-order valence-corrected chi connectivity index (χ4v) is 3.35. The lowest BCUT2D eigenvalue weighted by Crippen LogP contribution is -2.41. The Labute approximate surface area is 161 Å². The summed E-state index contributed by atoms with van der Waals surface area (Å²) in [6, 6.07) is 10.9. The van der Waals surface area contributed by atoms with Crippen molar-refractivity contribution >= 4 is 28.5 Å². The maximum Gasteiger partial charge on any atom is 0.289 e. The molecule has 1 aromatic carbocycles. The number of pyridine rings is 1. The molecule has 3 aromatic rings. The number of carbonyl (C=O) groups excluding carboxylic acids is 1. The molecule has 1 fully saturated rings. The van der Waals surface area contributed by atoms with Crippen LogP contribution < -0.4 is 9.47 Å². The number of para-hydroxylation sites is 1. The van der Waals surface area contributed by atoms with E-state index in [2.05, 4.69) is 4.98 Å². The summed E-state index contributed by atoms with van der Waals surface area (Å²) in [5.74, 6) is 1.38. The fourth-order valence-electron chi connectivity index (χ4n) is 3.24. The fraction of sp³-hybridized carbons (Fsp3) is 0.300. The first-order valence-electron chi connectivity index (χ1n) is 8.78. The Morgan fingerprint density at radius 2 is 2.07 bits per heavy atom. The molecular weight excluding hydrogens is 368 g/mol. The third-order valence-electron chi connectivity index (χ3n) is 4.66. The first-order chi connectivity index (χ1) is 13.1. The van der Waals surface area contributed by atoms with Crippen LogP contribution >= 0.6 is 11.6 Å². The van der Waals surface area contributed by atoms with Crippen molar-refractivity contribution in [3.8, 4) is 11.6 Å². The summed E-state index contributed by atoms with van der Waals surface area (Å²) in [5.41, 5.74) is 0.593. The molecule has 140 valence electrons. The Kier molecular flexibility index (Phi) is 4.90. The minimum absolute atomic E-state index is 0.0264. The van der Waals surface area contributed by atoms with Gasteiger partial charge < -0.3 is 18.8 Å². The average Bonchev–Trinajstić information content (AvgIpc) is 3.14. The van der Waals surface area contributed by atoms with Crippen molar-refractivity contribution in [3.05, 3.63) is 53.4 Å². The van der Waals surface area contributed by atoms with Crippen LogP contribution in [-0.2, 0) is 0 Å². The van der Waals surface area contributed by atoms with Crippen LogP contribution in [0.4, 0.5) is 0 Å².